The Hall–Kier alpha value is -6.05. The number of nitrogens with one attached hydrogen (secondary N) is 2. The molecule has 51 heavy (non-hydrogen) atoms. The lowest BCUT2D eigenvalue weighted by molar-refractivity contribution is -0.141. The molecule has 0 saturated heterocycles. The smallest absolute Gasteiger partial charge is 0.416 e. The van der Waals surface area contributed by atoms with Crippen LogP contribution in [0.25, 0.3) is 34.0 Å². The molecule has 2 amide bonds. The number of halogens is 4. The summed E-state index contributed by atoms with van der Waals surface area (Å²) in [5.41, 5.74) is 1.61. The van der Waals surface area contributed by atoms with Crippen molar-refractivity contribution < 1.29 is 46.3 Å². The van der Waals surface area contributed by atoms with Gasteiger partial charge in [-0.2, -0.15) is 18.2 Å². The van der Waals surface area contributed by atoms with Gasteiger partial charge in [-0.05, 0) is 91.6 Å². The van der Waals surface area contributed by atoms with Crippen LogP contribution in [0.5, 0.6) is 0 Å². The summed E-state index contributed by atoms with van der Waals surface area (Å²) in [5, 5.41) is 18.7. The van der Waals surface area contributed by atoms with E-state index in [2.05, 4.69) is 20.8 Å². The zero-order valence-corrected chi connectivity index (χ0v) is 27.5. The number of carboxylic acid groups (broad SMARTS) is 1. The van der Waals surface area contributed by atoms with Gasteiger partial charge in [-0.1, -0.05) is 47.6 Å². The van der Waals surface area contributed by atoms with Crippen molar-refractivity contribution in [3.63, 3.8) is 0 Å². The molecular weight excluding hydrogens is 672 g/mol. The van der Waals surface area contributed by atoms with E-state index in [0.717, 1.165) is 18.2 Å². The second kappa shape index (κ2) is 14.8. The van der Waals surface area contributed by atoms with Gasteiger partial charge in [0, 0.05) is 17.7 Å². The minimum atomic E-state index is -4.44. The van der Waals surface area contributed by atoms with E-state index < -0.39 is 47.2 Å². The van der Waals surface area contributed by atoms with E-state index in [0.29, 0.717) is 33.5 Å². The number of alkyl halides is 3. The first-order chi connectivity index (χ1) is 24.0. The fourth-order valence-corrected chi connectivity index (χ4v) is 4.97. The number of ether oxygens (including phenoxy) is 1. The lowest BCUT2D eigenvalue weighted by Gasteiger charge is -2.19. The van der Waals surface area contributed by atoms with Crippen LogP contribution in [0.15, 0.2) is 95.5 Å². The van der Waals surface area contributed by atoms with Crippen LogP contribution in [0.2, 0.25) is 0 Å². The van der Waals surface area contributed by atoms with E-state index in [4.69, 9.17) is 9.26 Å². The first-order valence-electron chi connectivity index (χ1n) is 15.6. The summed E-state index contributed by atoms with van der Waals surface area (Å²) in [6.07, 6.45) is -5.43. The van der Waals surface area contributed by atoms with Crippen LogP contribution >= 0.6 is 0 Å². The molecule has 0 spiro atoms. The minimum Gasteiger partial charge on any atom is -0.480 e. The van der Waals surface area contributed by atoms with Crippen molar-refractivity contribution in [3.05, 3.63) is 114 Å². The van der Waals surface area contributed by atoms with Crippen LogP contribution in [0.3, 0.4) is 0 Å². The van der Waals surface area contributed by atoms with E-state index >= 15 is 4.39 Å². The number of benzene rings is 4. The highest BCUT2D eigenvalue weighted by atomic mass is 19.4. The molecule has 264 valence electrons. The number of rotatable bonds is 10. The number of carbonyl (C=O) groups is 3. The van der Waals surface area contributed by atoms with Gasteiger partial charge < -0.3 is 19.7 Å². The number of aromatic nitrogens is 2. The number of carboxylic acids is 1. The standard InChI is InChI=1S/C37H32F4N4O6/c1-36(2,3)50-35(49)42-27-15-11-25(12-16-27)33-44-32(45-51-33)28-17-6-22(18-29(28)38)19-30(34(47)48)43-31(46)20-21-4-7-23(8-5-21)24-9-13-26(14-10-24)37(39,40)41/h4-18,30H,19-20H2,1-3H3,(H,42,49)(H,43,46)(H,47,48). The molecule has 0 aliphatic heterocycles. The summed E-state index contributed by atoms with van der Waals surface area (Å²) in [6.45, 7) is 5.24. The summed E-state index contributed by atoms with van der Waals surface area (Å²) in [4.78, 5) is 41.0. The van der Waals surface area contributed by atoms with Crippen molar-refractivity contribution in [2.24, 2.45) is 0 Å². The van der Waals surface area contributed by atoms with Gasteiger partial charge in [0.25, 0.3) is 5.89 Å². The zero-order chi connectivity index (χ0) is 36.9. The van der Waals surface area contributed by atoms with Crippen LogP contribution in [0.4, 0.5) is 28.0 Å². The highest BCUT2D eigenvalue weighted by Gasteiger charge is 2.30. The Labute approximate surface area is 289 Å². The molecule has 10 nitrogen and oxygen atoms in total. The lowest BCUT2D eigenvalue weighted by Crippen LogP contribution is -2.43. The average Bonchev–Trinajstić information content (AvgIpc) is 3.54. The molecule has 0 fully saturated rings. The van der Waals surface area contributed by atoms with E-state index in [1.54, 1.807) is 69.3 Å². The summed E-state index contributed by atoms with van der Waals surface area (Å²) in [7, 11) is 0. The molecule has 14 heteroatoms. The molecule has 1 aromatic heterocycles. The highest BCUT2D eigenvalue weighted by Crippen LogP contribution is 2.31. The summed E-state index contributed by atoms with van der Waals surface area (Å²) >= 11 is 0. The number of hydrogen-bond donors (Lipinski definition) is 3. The summed E-state index contributed by atoms with van der Waals surface area (Å²) in [6, 6.07) is 20.3. The fourth-order valence-electron chi connectivity index (χ4n) is 4.97. The first-order valence-corrected chi connectivity index (χ1v) is 15.6. The Balaban J connectivity index is 1.18. The van der Waals surface area contributed by atoms with Gasteiger partial charge in [0.05, 0.1) is 17.5 Å². The van der Waals surface area contributed by atoms with Crippen molar-refractivity contribution in [2.45, 2.75) is 51.4 Å². The Morgan fingerprint density at radius 1 is 0.843 bits per heavy atom. The van der Waals surface area contributed by atoms with E-state index in [1.807, 2.05) is 0 Å². The number of hydrogen-bond acceptors (Lipinski definition) is 7. The number of carbonyl (C=O) groups excluding carboxylic acids is 2. The van der Waals surface area contributed by atoms with Gasteiger partial charge in [0.1, 0.15) is 17.5 Å². The molecule has 0 radical (unpaired) electrons. The van der Waals surface area contributed by atoms with Crippen molar-refractivity contribution >= 4 is 23.7 Å². The molecule has 5 rings (SSSR count). The molecule has 1 heterocycles. The molecular formula is C37H32F4N4O6. The van der Waals surface area contributed by atoms with Gasteiger partial charge in [0.2, 0.25) is 11.7 Å². The quantitative estimate of drug-likeness (QED) is 0.124. The lowest BCUT2D eigenvalue weighted by atomic mass is 10.0. The van der Waals surface area contributed by atoms with Crippen molar-refractivity contribution in [3.8, 4) is 34.0 Å². The van der Waals surface area contributed by atoms with Crippen molar-refractivity contribution in [2.75, 3.05) is 5.32 Å². The maximum Gasteiger partial charge on any atom is 0.416 e. The molecule has 0 aliphatic rings. The molecule has 0 aliphatic carbocycles. The Kier molecular flexibility index (Phi) is 10.5. The highest BCUT2D eigenvalue weighted by molar-refractivity contribution is 5.86. The number of anilines is 1. The van der Waals surface area contributed by atoms with E-state index in [-0.39, 0.29) is 30.1 Å². The number of nitrogens with zero attached hydrogens (tertiary/aromatic N) is 2. The molecule has 3 N–H and O–H groups in total. The zero-order valence-electron chi connectivity index (χ0n) is 27.5. The summed E-state index contributed by atoms with van der Waals surface area (Å²) in [5.74, 6) is -2.59. The normalized spacial score (nSPS) is 12.2. The van der Waals surface area contributed by atoms with Crippen molar-refractivity contribution in [1.29, 1.82) is 0 Å². The van der Waals surface area contributed by atoms with E-state index in [1.165, 1.54) is 24.3 Å². The maximum absolute atomic E-state index is 15.2. The topological polar surface area (TPSA) is 144 Å². The van der Waals surface area contributed by atoms with Gasteiger partial charge in [0.15, 0.2) is 0 Å². The van der Waals surface area contributed by atoms with Gasteiger partial charge in [-0.25, -0.2) is 14.0 Å². The number of aliphatic carboxylic acids is 1. The Morgan fingerprint density at radius 2 is 1.43 bits per heavy atom. The predicted molar refractivity (Wildman–Crippen MR) is 179 cm³/mol. The van der Waals surface area contributed by atoms with Gasteiger partial charge >= 0.3 is 18.2 Å². The Morgan fingerprint density at radius 3 is 2.00 bits per heavy atom. The molecule has 0 saturated carbocycles. The molecule has 5 aromatic rings. The summed E-state index contributed by atoms with van der Waals surface area (Å²) < 4.78 is 64.3. The average molecular weight is 705 g/mol. The minimum absolute atomic E-state index is 0.00705. The third-order valence-corrected chi connectivity index (χ3v) is 7.41. The van der Waals surface area contributed by atoms with Crippen LogP contribution < -0.4 is 10.6 Å². The van der Waals surface area contributed by atoms with Crippen molar-refractivity contribution in [1.82, 2.24) is 15.5 Å². The van der Waals surface area contributed by atoms with Crippen LogP contribution in [0.1, 0.15) is 37.5 Å². The molecule has 4 aromatic carbocycles. The van der Waals surface area contributed by atoms with Crippen LogP contribution in [-0.4, -0.2) is 44.9 Å². The van der Waals surface area contributed by atoms with Gasteiger partial charge in [-0.3, -0.25) is 10.1 Å². The first kappa shape index (κ1) is 36.2. The van der Waals surface area contributed by atoms with E-state index in [9.17, 15) is 32.7 Å². The predicted octanol–water partition coefficient (Wildman–Crippen LogP) is 7.93. The molecule has 1 unspecified atom stereocenters. The molecule has 0 bridgehead atoms. The third kappa shape index (κ3) is 9.78. The second-order valence-corrected chi connectivity index (χ2v) is 12.6. The van der Waals surface area contributed by atoms with Crippen LogP contribution in [0, 0.1) is 5.82 Å². The fraction of sp³-hybridized carbons (Fsp3) is 0.216. The SMILES string of the molecule is CC(C)(C)OC(=O)Nc1ccc(-c2nc(-c3ccc(CC(NC(=O)Cc4ccc(-c5ccc(C(F)(F)F)cc5)cc4)C(=O)O)cc3F)no2)cc1. The third-order valence-electron chi connectivity index (χ3n) is 7.41. The number of amides is 2. The van der Waals surface area contributed by atoms with Crippen LogP contribution in [-0.2, 0) is 33.3 Å². The van der Waals surface area contributed by atoms with Gasteiger partial charge in [-0.15, -0.1) is 0 Å². The maximum atomic E-state index is 15.2. The molecule has 1 atom stereocenters. The second-order valence-electron chi connectivity index (χ2n) is 12.6. The largest absolute Gasteiger partial charge is 0.480 e. The Bertz CT molecular complexity index is 2020. The monoisotopic (exact) mass is 704 g/mol.